The van der Waals surface area contributed by atoms with Crippen molar-refractivity contribution in [2.45, 2.75) is 25.8 Å². The van der Waals surface area contributed by atoms with Gasteiger partial charge in [-0.05, 0) is 37.9 Å². The highest BCUT2D eigenvalue weighted by molar-refractivity contribution is 6.42. The molecule has 6 heteroatoms. The van der Waals surface area contributed by atoms with E-state index < -0.39 is 0 Å². The lowest BCUT2D eigenvalue weighted by Crippen LogP contribution is -2.35. The number of rotatable bonds is 5. The minimum Gasteiger partial charge on any atom is -0.491 e. The molecule has 0 saturated carbocycles. The summed E-state index contributed by atoms with van der Waals surface area (Å²) in [4.78, 5) is 14.1. The van der Waals surface area contributed by atoms with E-state index in [4.69, 9.17) is 33.7 Å². The van der Waals surface area contributed by atoms with Crippen LogP contribution in [0.25, 0.3) is 0 Å². The quantitative estimate of drug-likeness (QED) is 0.902. The minimum atomic E-state index is 0.0941. The molecule has 0 radical (unpaired) electrons. The second-order valence-electron chi connectivity index (χ2n) is 5.38. The first-order valence-corrected chi connectivity index (χ1v) is 7.85. The average molecular weight is 331 g/mol. The topological polar surface area (TPSA) is 55.6 Å². The summed E-state index contributed by atoms with van der Waals surface area (Å²) in [6, 6.07) is 5.45. The first-order valence-electron chi connectivity index (χ1n) is 7.09. The summed E-state index contributed by atoms with van der Waals surface area (Å²) in [5.74, 6) is 1.01. The van der Waals surface area contributed by atoms with E-state index >= 15 is 0 Å². The highest BCUT2D eigenvalue weighted by Crippen LogP contribution is 2.31. The molecule has 2 atom stereocenters. The number of carbonyl (C=O) groups excluding carboxylic acids is 1. The lowest BCUT2D eigenvalue weighted by atomic mass is 10.1. The van der Waals surface area contributed by atoms with E-state index in [1.54, 1.807) is 18.2 Å². The van der Waals surface area contributed by atoms with E-state index in [2.05, 4.69) is 6.92 Å². The van der Waals surface area contributed by atoms with Crippen molar-refractivity contribution in [3.05, 3.63) is 28.2 Å². The van der Waals surface area contributed by atoms with Crippen LogP contribution in [-0.4, -0.2) is 36.5 Å². The Morgan fingerprint density at radius 1 is 1.48 bits per heavy atom. The molecular formula is C15H20Cl2N2O2. The highest BCUT2D eigenvalue weighted by Gasteiger charge is 2.31. The van der Waals surface area contributed by atoms with Gasteiger partial charge in [-0.15, -0.1) is 0 Å². The van der Waals surface area contributed by atoms with Crippen LogP contribution in [0.5, 0.6) is 5.75 Å². The Kier molecular flexibility index (Phi) is 5.73. The van der Waals surface area contributed by atoms with Crippen LogP contribution < -0.4 is 10.5 Å². The molecule has 0 aromatic heterocycles. The largest absolute Gasteiger partial charge is 0.491 e. The lowest BCUT2D eigenvalue weighted by molar-refractivity contribution is -0.132. The minimum absolute atomic E-state index is 0.0941. The Hall–Kier alpha value is -0.970. The van der Waals surface area contributed by atoms with Crippen LogP contribution in [0, 0.1) is 5.92 Å². The molecule has 1 aromatic carbocycles. The van der Waals surface area contributed by atoms with Crippen LogP contribution in [0.2, 0.25) is 10.0 Å². The van der Waals surface area contributed by atoms with Crippen LogP contribution in [-0.2, 0) is 4.79 Å². The van der Waals surface area contributed by atoms with E-state index in [-0.39, 0.29) is 18.6 Å². The van der Waals surface area contributed by atoms with Gasteiger partial charge in [0.05, 0.1) is 18.1 Å². The Morgan fingerprint density at radius 3 is 2.90 bits per heavy atom. The lowest BCUT2D eigenvalue weighted by Gasteiger charge is -2.21. The van der Waals surface area contributed by atoms with Gasteiger partial charge in [0.25, 0.3) is 0 Å². The van der Waals surface area contributed by atoms with Crippen molar-refractivity contribution in [3.63, 3.8) is 0 Å². The van der Waals surface area contributed by atoms with Gasteiger partial charge >= 0.3 is 0 Å². The zero-order chi connectivity index (χ0) is 15.4. The van der Waals surface area contributed by atoms with Crippen molar-refractivity contribution in [1.82, 2.24) is 4.90 Å². The summed E-state index contributed by atoms with van der Waals surface area (Å²) in [6.45, 7) is 3.72. The average Bonchev–Trinajstić information content (AvgIpc) is 2.84. The molecule has 2 unspecified atom stereocenters. The summed E-state index contributed by atoms with van der Waals surface area (Å²) in [5, 5.41) is 0.823. The summed E-state index contributed by atoms with van der Waals surface area (Å²) >= 11 is 11.9. The summed E-state index contributed by atoms with van der Waals surface area (Å²) in [5.41, 5.74) is 5.68. The molecule has 1 fully saturated rings. The number of carbonyl (C=O) groups is 1. The molecule has 2 N–H and O–H groups in total. The van der Waals surface area contributed by atoms with Gasteiger partial charge in [0.2, 0.25) is 5.91 Å². The molecule has 0 bridgehead atoms. The Bertz CT molecular complexity index is 510. The zero-order valence-electron chi connectivity index (χ0n) is 12.0. The zero-order valence-corrected chi connectivity index (χ0v) is 13.5. The molecule has 21 heavy (non-hydrogen) atoms. The normalized spacial score (nSPS) is 21.6. The monoisotopic (exact) mass is 330 g/mol. The maximum absolute atomic E-state index is 12.2. The molecule has 0 spiro atoms. The predicted octanol–water partition coefficient (Wildman–Crippen LogP) is 2.96. The highest BCUT2D eigenvalue weighted by atomic mass is 35.5. The number of hydrogen-bond donors (Lipinski definition) is 1. The van der Waals surface area contributed by atoms with Crippen molar-refractivity contribution in [2.75, 3.05) is 19.7 Å². The van der Waals surface area contributed by atoms with E-state index in [1.807, 2.05) is 4.90 Å². The molecule has 1 aromatic rings. The molecule has 1 saturated heterocycles. The number of ether oxygens (including phenoxy) is 1. The number of amides is 1. The second-order valence-corrected chi connectivity index (χ2v) is 6.17. The number of benzene rings is 1. The summed E-state index contributed by atoms with van der Waals surface area (Å²) < 4.78 is 5.55. The fourth-order valence-electron chi connectivity index (χ4n) is 2.65. The standard InChI is InChI=1S/C15H20Cl2N2O2/c1-10-7-11(8-18)9-19(10)14(20)5-6-21-13-4-2-3-12(16)15(13)17/h2-4,10-11H,5-9,18H2,1H3. The van der Waals surface area contributed by atoms with E-state index in [0.29, 0.717) is 34.7 Å². The van der Waals surface area contributed by atoms with E-state index in [9.17, 15) is 4.79 Å². The first-order chi connectivity index (χ1) is 10.0. The number of hydrogen-bond acceptors (Lipinski definition) is 3. The Balaban J connectivity index is 1.83. The van der Waals surface area contributed by atoms with Gasteiger partial charge in [0, 0.05) is 12.6 Å². The Labute approximate surface area is 135 Å². The van der Waals surface area contributed by atoms with Crippen LogP contribution in [0.3, 0.4) is 0 Å². The molecular weight excluding hydrogens is 311 g/mol. The fraction of sp³-hybridized carbons (Fsp3) is 0.533. The first kappa shape index (κ1) is 16.4. The fourth-order valence-corrected chi connectivity index (χ4v) is 2.99. The van der Waals surface area contributed by atoms with E-state index in [1.165, 1.54) is 0 Å². The number of nitrogens with two attached hydrogens (primary N) is 1. The van der Waals surface area contributed by atoms with Crippen molar-refractivity contribution < 1.29 is 9.53 Å². The van der Waals surface area contributed by atoms with Crippen molar-refractivity contribution in [3.8, 4) is 5.75 Å². The maximum atomic E-state index is 12.2. The molecule has 2 rings (SSSR count). The van der Waals surface area contributed by atoms with Crippen LogP contribution in [0.15, 0.2) is 18.2 Å². The van der Waals surface area contributed by atoms with Gasteiger partial charge in [-0.3, -0.25) is 4.79 Å². The third kappa shape index (κ3) is 4.02. The van der Waals surface area contributed by atoms with Crippen LogP contribution in [0.4, 0.5) is 0 Å². The molecule has 0 aliphatic carbocycles. The van der Waals surface area contributed by atoms with Gasteiger partial charge in [-0.1, -0.05) is 29.3 Å². The molecule has 1 aliphatic rings. The Morgan fingerprint density at radius 2 is 2.24 bits per heavy atom. The summed E-state index contributed by atoms with van der Waals surface area (Å²) in [6.07, 6.45) is 1.30. The van der Waals surface area contributed by atoms with Crippen LogP contribution >= 0.6 is 23.2 Å². The second kappa shape index (κ2) is 7.34. The van der Waals surface area contributed by atoms with Gasteiger partial charge in [-0.2, -0.15) is 0 Å². The third-order valence-corrected chi connectivity index (χ3v) is 4.61. The molecule has 1 aliphatic heterocycles. The maximum Gasteiger partial charge on any atom is 0.226 e. The van der Waals surface area contributed by atoms with Gasteiger partial charge in [0.15, 0.2) is 0 Å². The van der Waals surface area contributed by atoms with Gasteiger partial charge < -0.3 is 15.4 Å². The number of nitrogens with zero attached hydrogens (tertiary/aromatic N) is 1. The predicted molar refractivity (Wildman–Crippen MR) is 84.9 cm³/mol. The number of likely N-dealkylation sites (tertiary alicyclic amines) is 1. The molecule has 4 nitrogen and oxygen atoms in total. The third-order valence-electron chi connectivity index (χ3n) is 3.80. The van der Waals surface area contributed by atoms with Crippen molar-refractivity contribution in [2.24, 2.45) is 11.7 Å². The van der Waals surface area contributed by atoms with Crippen LogP contribution in [0.1, 0.15) is 19.8 Å². The molecule has 1 amide bonds. The smallest absolute Gasteiger partial charge is 0.226 e. The molecule has 1 heterocycles. The molecule has 116 valence electrons. The van der Waals surface area contributed by atoms with Gasteiger partial charge in [-0.25, -0.2) is 0 Å². The van der Waals surface area contributed by atoms with Gasteiger partial charge in [0.1, 0.15) is 10.8 Å². The SMILES string of the molecule is CC1CC(CN)CN1C(=O)CCOc1cccc(Cl)c1Cl. The van der Waals surface area contributed by atoms with Crippen molar-refractivity contribution in [1.29, 1.82) is 0 Å². The van der Waals surface area contributed by atoms with E-state index in [0.717, 1.165) is 13.0 Å². The van der Waals surface area contributed by atoms with Crippen molar-refractivity contribution >= 4 is 29.1 Å². The summed E-state index contributed by atoms with van der Waals surface area (Å²) in [7, 11) is 0. The number of halogens is 2.